The van der Waals surface area contributed by atoms with Crippen LogP contribution in [0.4, 0.5) is 0 Å². The van der Waals surface area contributed by atoms with Crippen LogP contribution in [0.25, 0.3) is 0 Å². The number of hydrogen-bond acceptors (Lipinski definition) is 1. The molecular formula is C15H23N. The van der Waals surface area contributed by atoms with Gasteiger partial charge in [-0.3, -0.25) is 4.98 Å². The van der Waals surface area contributed by atoms with E-state index in [0.29, 0.717) is 0 Å². The minimum absolute atomic E-state index is 0.171. The van der Waals surface area contributed by atoms with Crippen LogP contribution in [0.3, 0.4) is 0 Å². The fourth-order valence-corrected chi connectivity index (χ4v) is 2.49. The third kappa shape index (κ3) is 2.63. The molecule has 1 aromatic rings. The van der Waals surface area contributed by atoms with E-state index in [0.717, 1.165) is 5.92 Å². The van der Waals surface area contributed by atoms with Gasteiger partial charge in [0.1, 0.15) is 0 Å². The summed E-state index contributed by atoms with van der Waals surface area (Å²) in [6.07, 6.45) is 6.84. The summed E-state index contributed by atoms with van der Waals surface area (Å²) in [5.74, 6) is 0.719. The highest BCUT2D eigenvalue weighted by Crippen LogP contribution is 2.32. The van der Waals surface area contributed by atoms with Gasteiger partial charge in [-0.2, -0.15) is 0 Å². The highest BCUT2D eigenvalue weighted by atomic mass is 14.7. The van der Waals surface area contributed by atoms with Crippen LogP contribution in [0.5, 0.6) is 0 Å². The zero-order valence-corrected chi connectivity index (χ0v) is 10.8. The Morgan fingerprint density at radius 3 is 2.38 bits per heavy atom. The number of nitrogens with zero attached hydrogens (tertiary/aromatic N) is 1. The Hall–Kier alpha value is -0.850. The molecule has 1 aliphatic carbocycles. The molecular weight excluding hydrogens is 194 g/mol. The van der Waals surface area contributed by atoms with E-state index in [1.165, 1.54) is 43.5 Å². The Balaban J connectivity index is 2.21. The van der Waals surface area contributed by atoms with E-state index in [9.17, 15) is 0 Å². The highest BCUT2D eigenvalue weighted by Gasteiger charge is 2.20. The molecule has 0 aliphatic heterocycles. The lowest BCUT2D eigenvalue weighted by Gasteiger charge is -2.24. The predicted molar refractivity (Wildman–Crippen MR) is 68.8 cm³/mol. The maximum atomic E-state index is 4.87. The molecule has 0 N–H and O–H groups in total. The van der Waals surface area contributed by atoms with Gasteiger partial charge in [-0.1, -0.05) is 46.1 Å². The van der Waals surface area contributed by atoms with E-state index < -0.39 is 0 Å². The molecule has 1 heterocycles. The zero-order valence-electron chi connectivity index (χ0n) is 10.8. The molecule has 16 heavy (non-hydrogen) atoms. The Morgan fingerprint density at radius 1 is 1.06 bits per heavy atom. The molecule has 1 saturated carbocycles. The molecule has 0 unspecified atom stereocenters. The van der Waals surface area contributed by atoms with E-state index >= 15 is 0 Å². The second-order valence-corrected chi connectivity index (χ2v) is 6.03. The second-order valence-electron chi connectivity index (χ2n) is 6.03. The van der Waals surface area contributed by atoms with Crippen LogP contribution in [0.2, 0.25) is 0 Å². The average Bonchev–Trinajstić information content (AvgIpc) is 2.29. The number of rotatable bonds is 1. The number of hydrogen-bond donors (Lipinski definition) is 0. The van der Waals surface area contributed by atoms with Crippen molar-refractivity contribution in [2.45, 2.75) is 64.2 Å². The van der Waals surface area contributed by atoms with E-state index in [2.05, 4.69) is 39.0 Å². The number of aromatic nitrogens is 1. The summed E-state index contributed by atoms with van der Waals surface area (Å²) < 4.78 is 0. The molecule has 0 spiro atoms. The van der Waals surface area contributed by atoms with Gasteiger partial charge in [0, 0.05) is 22.7 Å². The van der Waals surface area contributed by atoms with Gasteiger partial charge in [0.25, 0.3) is 0 Å². The van der Waals surface area contributed by atoms with Gasteiger partial charge in [0.05, 0.1) is 0 Å². The minimum atomic E-state index is 0.171. The highest BCUT2D eigenvalue weighted by molar-refractivity contribution is 5.20. The van der Waals surface area contributed by atoms with Crippen molar-refractivity contribution in [3.05, 3.63) is 29.6 Å². The third-order valence-corrected chi connectivity index (χ3v) is 3.56. The Bertz CT molecular complexity index is 343. The summed E-state index contributed by atoms with van der Waals surface area (Å²) in [6.45, 7) is 6.71. The molecule has 1 nitrogen and oxygen atoms in total. The first kappa shape index (κ1) is 11.6. The summed E-state index contributed by atoms with van der Waals surface area (Å²) in [6, 6.07) is 6.55. The van der Waals surface area contributed by atoms with Gasteiger partial charge >= 0.3 is 0 Å². The normalized spacial score (nSPS) is 18.7. The summed E-state index contributed by atoms with van der Waals surface area (Å²) in [5.41, 5.74) is 2.73. The van der Waals surface area contributed by atoms with Crippen LogP contribution in [0.1, 0.15) is 70.2 Å². The van der Waals surface area contributed by atoms with Crippen molar-refractivity contribution < 1.29 is 0 Å². The first-order chi connectivity index (χ1) is 7.57. The van der Waals surface area contributed by atoms with Gasteiger partial charge in [-0.25, -0.2) is 0 Å². The largest absolute Gasteiger partial charge is 0.257 e. The van der Waals surface area contributed by atoms with E-state index in [1.54, 1.807) is 0 Å². The molecule has 1 aliphatic rings. The Morgan fingerprint density at radius 2 is 1.75 bits per heavy atom. The van der Waals surface area contributed by atoms with Gasteiger partial charge < -0.3 is 0 Å². The van der Waals surface area contributed by atoms with Crippen molar-refractivity contribution in [1.29, 1.82) is 0 Å². The molecule has 2 rings (SSSR count). The van der Waals surface area contributed by atoms with Crippen molar-refractivity contribution in [2.24, 2.45) is 0 Å². The lowest BCUT2D eigenvalue weighted by atomic mass is 9.85. The summed E-state index contributed by atoms with van der Waals surface area (Å²) in [4.78, 5) is 4.87. The topological polar surface area (TPSA) is 12.9 Å². The Labute approximate surface area is 99.3 Å². The van der Waals surface area contributed by atoms with Gasteiger partial charge in [-0.05, 0) is 25.0 Å². The molecule has 0 aromatic carbocycles. The fourth-order valence-electron chi connectivity index (χ4n) is 2.49. The molecule has 0 atom stereocenters. The van der Waals surface area contributed by atoms with Crippen LogP contribution in [0, 0.1) is 0 Å². The van der Waals surface area contributed by atoms with Crippen LogP contribution in [0.15, 0.2) is 18.2 Å². The Kier molecular flexibility index (Phi) is 3.32. The van der Waals surface area contributed by atoms with Crippen molar-refractivity contribution in [3.63, 3.8) is 0 Å². The van der Waals surface area contributed by atoms with Gasteiger partial charge in [-0.15, -0.1) is 0 Å². The van der Waals surface area contributed by atoms with Crippen molar-refractivity contribution >= 4 is 0 Å². The standard InChI is InChI=1S/C15H23N/c1-15(2,3)14-11-7-10-13(16-14)12-8-5-4-6-9-12/h7,10-12H,4-6,8-9H2,1-3H3. The van der Waals surface area contributed by atoms with E-state index in [-0.39, 0.29) is 5.41 Å². The quantitative estimate of drug-likeness (QED) is 0.678. The maximum absolute atomic E-state index is 4.87. The zero-order chi connectivity index (χ0) is 11.6. The lowest BCUT2D eigenvalue weighted by Crippen LogP contribution is -2.16. The molecule has 1 heteroatoms. The lowest BCUT2D eigenvalue weighted by molar-refractivity contribution is 0.433. The summed E-state index contributed by atoms with van der Waals surface area (Å²) in [5, 5.41) is 0. The fraction of sp³-hybridized carbons (Fsp3) is 0.667. The summed E-state index contributed by atoms with van der Waals surface area (Å²) >= 11 is 0. The van der Waals surface area contributed by atoms with E-state index in [4.69, 9.17) is 4.98 Å². The molecule has 88 valence electrons. The smallest absolute Gasteiger partial charge is 0.0460 e. The van der Waals surface area contributed by atoms with Crippen molar-refractivity contribution in [1.82, 2.24) is 4.98 Å². The molecule has 0 amide bonds. The van der Waals surface area contributed by atoms with Crippen LogP contribution in [-0.4, -0.2) is 4.98 Å². The van der Waals surface area contributed by atoms with Crippen LogP contribution >= 0.6 is 0 Å². The first-order valence-electron chi connectivity index (χ1n) is 6.55. The average molecular weight is 217 g/mol. The molecule has 0 saturated heterocycles. The third-order valence-electron chi connectivity index (χ3n) is 3.56. The van der Waals surface area contributed by atoms with Crippen LogP contribution < -0.4 is 0 Å². The molecule has 0 bridgehead atoms. The molecule has 1 fully saturated rings. The maximum Gasteiger partial charge on any atom is 0.0460 e. The van der Waals surface area contributed by atoms with Crippen molar-refractivity contribution in [3.8, 4) is 0 Å². The monoisotopic (exact) mass is 217 g/mol. The minimum Gasteiger partial charge on any atom is -0.257 e. The second kappa shape index (κ2) is 4.57. The summed E-state index contributed by atoms with van der Waals surface area (Å²) in [7, 11) is 0. The van der Waals surface area contributed by atoms with Gasteiger partial charge in [0.15, 0.2) is 0 Å². The van der Waals surface area contributed by atoms with Crippen LogP contribution in [-0.2, 0) is 5.41 Å². The first-order valence-corrected chi connectivity index (χ1v) is 6.55. The number of pyridine rings is 1. The van der Waals surface area contributed by atoms with Crippen molar-refractivity contribution in [2.75, 3.05) is 0 Å². The SMILES string of the molecule is CC(C)(C)c1cccc(C2CCCCC2)n1. The predicted octanol–water partition coefficient (Wildman–Crippen LogP) is 4.43. The molecule has 0 radical (unpaired) electrons. The molecule has 1 aromatic heterocycles. The van der Waals surface area contributed by atoms with Gasteiger partial charge in [0.2, 0.25) is 0 Å². The van der Waals surface area contributed by atoms with E-state index in [1.807, 2.05) is 0 Å².